The summed E-state index contributed by atoms with van der Waals surface area (Å²) in [7, 11) is 0. The van der Waals surface area contributed by atoms with E-state index in [1.54, 1.807) is 6.92 Å². The van der Waals surface area contributed by atoms with Crippen molar-refractivity contribution >= 4 is 33.3 Å². The Labute approximate surface area is 140 Å². The average Bonchev–Trinajstić information content (AvgIpc) is 3.28. The van der Waals surface area contributed by atoms with E-state index in [0.29, 0.717) is 21.7 Å². The van der Waals surface area contributed by atoms with Gasteiger partial charge < -0.3 is 9.40 Å². The van der Waals surface area contributed by atoms with Gasteiger partial charge >= 0.3 is 0 Å². The third-order valence-corrected chi connectivity index (χ3v) is 4.46. The van der Waals surface area contributed by atoms with Crippen LogP contribution in [0.3, 0.4) is 0 Å². The monoisotopic (exact) mass is 341 g/mol. The number of H-pyrrole nitrogens is 1. The fourth-order valence-electron chi connectivity index (χ4n) is 2.51. The molecule has 2 N–H and O–H groups in total. The Bertz CT molecular complexity index is 1030. The molecule has 3 heterocycles. The van der Waals surface area contributed by atoms with Gasteiger partial charge in [-0.05, 0) is 37.3 Å². The summed E-state index contributed by atoms with van der Waals surface area (Å²) in [6.45, 7) is 1.73. The van der Waals surface area contributed by atoms with E-state index in [1.807, 2.05) is 23.7 Å². The highest BCUT2D eigenvalue weighted by Gasteiger charge is 2.19. The summed E-state index contributed by atoms with van der Waals surface area (Å²) in [6.07, 6.45) is 1.81. The van der Waals surface area contributed by atoms with Crippen LogP contribution in [0.5, 0.6) is 0 Å². The maximum atomic E-state index is 13.4. The Kier molecular flexibility index (Phi) is 3.42. The van der Waals surface area contributed by atoms with E-state index in [4.69, 9.17) is 4.42 Å². The molecule has 0 aliphatic carbocycles. The summed E-state index contributed by atoms with van der Waals surface area (Å²) in [5.41, 5.74) is 2.71. The van der Waals surface area contributed by atoms with Crippen LogP contribution < -0.4 is 5.32 Å². The van der Waals surface area contributed by atoms with Crippen LogP contribution in [0.1, 0.15) is 16.1 Å². The number of thiazole rings is 1. The van der Waals surface area contributed by atoms with Gasteiger partial charge in [-0.25, -0.2) is 9.37 Å². The normalized spacial score (nSPS) is 11.1. The van der Waals surface area contributed by atoms with Gasteiger partial charge in [-0.1, -0.05) is 0 Å². The highest BCUT2D eigenvalue weighted by Crippen LogP contribution is 2.28. The van der Waals surface area contributed by atoms with Crippen molar-refractivity contribution in [2.45, 2.75) is 6.92 Å². The number of rotatable bonds is 3. The molecule has 0 fully saturated rings. The number of benzene rings is 1. The minimum atomic E-state index is -0.406. The molecule has 0 saturated heterocycles. The van der Waals surface area contributed by atoms with Gasteiger partial charge in [0.15, 0.2) is 10.9 Å². The molecule has 0 atom stereocenters. The number of amides is 1. The van der Waals surface area contributed by atoms with Gasteiger partial charge in [-0.3, -0.25) is 10.1 Å². The fourth-order valence-corrected chi connectivity index (χ4v) is 3.21. The van der Waals surface area contributed by atoms with Gasteiger partial charge in [-0.2, -0.15) is 0 Å². The molecule has 0 unspecified atom stereocenters. The van der Waals surface area contributed by atoms with Crippen molar-refractivity contribution in [1.29, 1.82) is 0 Å². The molecule has 0 bridgehead atoms. The Morgan fingerprint density at radius 2 is 2.25 bits per heavy atom. The first kappa shape index (κ1) is 14.6. The number of nitrogens with zero attached hydrogens (tertiary/aromatic N) is 1. The lowest BCUT2D eigenvalue weighted by atomic mass is 10.1. The van der Waals surface area contributed by atoms with Crippen molar-refractivity contribution in [2.24, 2.45) is 0 Å². The molecule has 0 aliphatic heterocycles. The van der Waals surface area contributed by atoms with Crippen LogP contribution in [-0.4, -0.2) is 15.9 Å². The lowest BCUT2D eigenvalue weighted by Crippen LogP contribution is -2.11. The number of carbonyl (C=O) groups excluding carboxylic acids is 1. The molecule has 1 aromatic carbocycles. The number of anilines is 1. The van der Waals surface area contributed by atoms with E-state index in [0.717, 1.165) is 11.4 Å². The molecule has 3 aromatic heterocycles. The minimum absolute atomic E-state index is 0.159. The van der Waals surface area contributed by atoms with Crippen molar-refractivity contribution in [1.82, 2.24) is 9.97 Å². The Hall–Kier alpha value is -2.93. The first-order chi connectivity index (χ1) is 11.6. The quantitative estimate of drug-likeness (QED) is 0.573. The molecule has 0 saturated carbocycles. The van der Waals surface area contributed by atoms with Gasteiger partial charge in [0.2, 0.25) is 0 Å². The van der Waals surface area contributed by atoms with Gasteiger partial charge in [-0.15, -0.1) is 11.3 Å². The van der Waals surface area contributed by atoms with Crippen molar-refractivity contribution in [2.75, 3.05) is 5.32 Å². The van der Waals surface area contributed by atoms with Crippen molar-refractivity contribution < 1.29 is 13.6 Å². The van der Waals surface area contributed by atoms with Crippen LogP contribution in [0.15, 0.2) is 46.3 Å². The molecular formula is C17H12FN3O2S. The van der Waals surface area contributed by atoms with Crippen LogP contribution >= 0.6 is 11.3 Å². The van der Waals surface area contributed by atoms with E-state index in [-0.39, 0.29) is 11.6 Å². The molecule has 4 aromatic rings. The van der Waals surface area contributed by atoms with Gasteiger partial charge in [0.25, 0.3) is 5.91 Å². The zero-order valence-electron chi connectivity index (χ0n) is 12.6. The lowest BCUT2D eigenvalue weighted by molar-refractivity contribution is 0.0998. The van der Waals surface area contributed by atoms with Crippen molar-refractivity contribution in [3.8, 4) is 11.4 Å². The number of fused-ring (bicyclic) bond motifs is 1. The number of halogens is 1. The maximum absolute atomic E-state index is 13.4. The van der Waals surface area contributed by atoms with Crippen molar-refractivity contribution in [3.63, 3.8) is 0 Å². The second kappa shape index (κ2) is 5.61. The van der Waals surface area contributed by atoms with E-state index < -0.39 is 5.91 Å². The zero-order valence-corrected chi connectivity index (χ0v) is 13.4. The largest absolute Gasteiger partial charge is 0.451 e. The van der Waals surface area contributed by atoms with Crippen molar-refractivity contribution in [3.05, 3.63) is 59.0 Å². The Morgan fingerprint density at radius 3 is 3.04 bits per heavy atom. The molecule has 0 spiro atoms. The first-order valence-electron chi connectivity index (χ1n) is 7.21. The van der Waals surface area contributed by atoms with E-state index in [9.17, 15) is 9.18 Å². The average molecular weight is 341 g/mol. The number of aromatic amines is 1. The molecule has 7 heteroatoms. The highest BCUT2D eigenvalue weighted by atomic mass is 32.1. The summed E-state index contributed by atoms with van der Waals surface area (Å²) in [4.78, 5) is 19.9. The molecule has 0 aliphatic rings. The summed E-state index contributed by atoms with van der Waals surface area (Å²) in [6, 6.07) is 7.96. The van der Waals surface area contributed by atoms with E-state index in [1.165, 1.54) is 29.5 Å². The zero-order chi connectivity index (χ0) is 16.7. The van der Waals surface area contributed by atoms with Gasteiger partial charge in [0.05, 0.1) is 11.4 Å². The van der Waals surface area contributed by atoms with Gasteiger partial charge in [0.1, 0.15) is 11.4 Å². The predicted octanol–water partition coefficient (Wildman–Crippen LogP) is 4.58. The summed E-state index contributed by atoms with van der Waals surface area (Å²) < 4.78 is 18.9. The molecule has 5 nitrogen and oxygen atoms in total. The molecule has 0 radical (unpaired) electrons. The second-order valence-corrected chi connectivity index (χ2v) is 6.13. The Morgan fingerprint density at radius 1 is 1.38 bits per heavy atom. The predicted molar refractivity (Wildman–Crippen MR) is 90.8 cm³/mol. The third kappa shape index (κ3) is 2.48. The fraction of sp³-hybridized carbons (Fsp3) is 0.0588. The standard InChI is InChI=1S/C17H12FN3O2S/c1-9-11-7-10(18)4-5-14(11)23-15(9)16(22)21-17-20-13(8-24-17)12-3-2-6-19-12/h2-8,19H,1H3,(H,20,21,22). The molecular weight excluding hydrogens is 329 g/mol. The maximum Gasteiger partial charge on any atom is 0.293 e. The van der Waals surface area contributed by atoms with Crippen LogP contribution in [0, 0.1) is 12.7 Å². The summed E-state index contributed by atoms with van der Waals surface area (Å²) >= 11 is 1.32. The summed E-state index contributed by atoms with van der Waals surface area (Å²) in [5, 5.41) is 5.63. The first-order valence-corrected chi connectivity index (χ1v) is 8.09. The Balaban J connectivity index is 1.62. The second-order valence-electron chi connectivity index (χ2n) is 5.27. The number of nitrogens with one attached hydrogen (secondary N) is 2. The number of hydrogen-bond donors (Lipinski definition) is 2. The molecule has 120 valence electrons. The van der Waals surface area contributed by atoms with Crippen LogP contribution in [0.2, 0.25) is 0 Å². The van der Waals surface area contributed by atoms with E-state index in [2.05, 4.69) is 15.3 Å². The number of furan rings is 1. The van der Waals surface area contributed by atoms with Gasteiger partial charge in [0, 0.05) is 22.5 Å². The minimum Gasteiger partial charge on any atom is -0.451 e. The topological polar surface area (TPSA) is 70.9 Å². The number of carbonyl (C=O) groups is 1. The molecule has 4 rings (SSSR count). The number of aromatic nitrogens is 2. The third-order valence-electron chi connectivity index (χ3n) is 3.70. The number of hydrogen-bond acceptors (Lipinski definition) is 4. The highest BCUT2D eigenvalue weighted by molar-refractivity contribution is 7.14. The number of aryl methyl sites for hydroxylation is 1. The van der Waals surface area contributed by atoms with E-state index >= 15 is 0 Å². The van der Waals surface area contributed by atoms with Crippen LogP contribution in [0.25, 0.3) is 22.4 Å². The van der Waals surface area contributed by atoms with Crippen LogP contribution in [0.4, 0.5) is 9.52 Å². The SMILES string of the molecule is Cc1c(C(=O)Nc2nc(-c3ccc[nH]3)cs2)oc2ccc(F)cc12. The molecule has 1 amide bonds. The smallest absolute Gasteiger partial charge is 0.293 e. The molecule has 24 heavy (non-hydrogen) atoms. The lowest BCUT2D eigenvalue weighted by Gasteiger charge is -1.99. The summed E-state index contributed by atoms with van der Waals surface area (Å²) in [5.74, 6) is -0.613. The van der Waals surface area contributed by atoms with Crippen LogP contribution in [-0.2, 0) is 0 Å².